The third-order valence-corrected chi connectivity index (χ3v) is 3.16. The first kappa shape index (κ1) is 12.1. The number of amides is 1. The van der Waals surface area contributed by atoms with Crippen LogP contribution < -0.4 is 0 Å². The fourth-order valence-electron chi connectivity index (χ4n) is 2.02. The SMILES string of the molecule is CC1CC(=O)N(CC(=O)c2ccc(Cl)cc2)C1. The normalized spacial score (nSPS) is 19.8. The second-order valence-corrected chi connectivity index (χ2v) is 4.95. The van der Waals surface area contributed by atoms with E-state index in [1.54, 1.807) is 29.2 Å². The van der Waals surface area contributed by atoms with Crippen LogP contribution in [0.25, 0.3) is 0 Å². The molecule has 17 heavy (non-hydrogen) atoms. The molecule has 0 bridgehead atoms. The molecule has 0 radical (unpaired) electrons. The first-order valence-corrected chi connectivity index (χ1v) is 6.00. The molecule has 0 N–H and O–H groups in total. The van der Waals surface area contributed by atoms with E-state index in [2.05, 4.69) is 0 Å². The number of nitrogens with zero attached hydrogens (tertiary/aromatic N) is 1. The summed E-state index contributed by atoms with van der Waals surface area (Å²) in [4.78, 5) is 25.1. The number of carbonyl (C=O) groups excluding carboxylic acids is 2. The molecule has 0 spiro atoms. The molecule has 90 valence electrons. The highest BCUT2D eigenvalue weighted by Crippen LogP contribution is 2.17. The van der Waals surface area contributed by atoms with Crippen LogP contribution in [0.15, 0.2) is 24.3 Å². The van der Waals surface area contributed by atoms with Gasteiger partial charge >= 0.3 is 0 Å². The molecule has 1 atom stereocenters. The monoisotopic (exact) mass is 251 g/mol. The largest absolute Gasteiger partial charge is 0.335 e. The van der Waals surface area contributed by atoms with Crippen molar-refractivity contribution in [2.24, 2.45) is 5.92 Å². The lowest BCUT2D eigenvalue weighted by Gasteiger charge is -2.14. The highest BCUT2D eigenvalue weighted by Gasteiger charge is 2.27. The molecule has 1 amide bonds. The van der Waals surface area contributed by atoms with E-state index in [0.717, 1.165) is 0 Å². The van der Waals surface area contributed by atoms with Gasteiger partial charge in [-0.25, -0.2) is 0 Å². The number of halogens is 1. The van der Waals surface area contributed by atoms with E-state index in [4.69, 9.17) is 11.6 Å². The van der Waals surface area contributed by atoms with E-state index in [-0.39, 0.29) is 18.2 Å². The lowest BCUT2D eigenvalue weighted by atomic mass is 10.1. The van der Waals surface area contributed by atoms with Gasteiger partial charge in [-0.2, -0.15) is 0 Å². The van der Waals surface area contributed by atoms with Gasteiger partial charge in [0.1, 0.15) is 0 Å². The second kappa shape index (κ2) is 4.88. The van der Waals surface area contributed by atoms with E-state index < -0.39 is 0 Å². The van der Waals surface area contributed by atoms with Crippen molar-refractivity contribution in [2.75, 3.05) is 13.1 Å². The molecule has 2 rings (SSSR count). The smallest absolute Gasteiger partial charge is 0.223 e. The number of hydrogen-bond donors (Lipinski definition) is 0. The van der Waals surface area contributed by atoms with E-state index in [9.17, 15) is 9.59 Å². The van der Waals surface area contributed by atoms with Crippen molar-refractivity contribution < 1.29 is 9.59 Å². The second-order valence-electron chi connectivity index (χ2n) is 4.51. The van der Waals surface area contributed by atoms with Gasteiger partial charge in [-0.05, 0) is 30.2 Å². The van der Waals surface area contributed by atoms with Crippen molar-refractivity contribution >= 4 is 23.3 Å². The van der Waals surface area contributed by atoms with Crippen LogP contribution in [0.2, 0.25) is 5.02 Å². The maximum atomic E-state index is 11.9. The van der Waals surface area contributed by atoms with Crippen molar-refractivity contribution in [1.82, 2.24) is 4.90 Å². The first-order valence-electron chi connectivity index (χ1n) is 5.63. The maximum absolute atomic E-state index is 11.9. The van der Waals surface area contributed by atoms with E-state index in [1.807, 2.05) is 6.92 Å². The Bertz CT molecular complexity index is 441. The van der Waals surface area contributed by atoms with Gasteiger partial charge in [-0.3, -0.25) is 9.59 Å². The van der Waals surface area contributed by atoms with Crippen LogP contribution in [0.5, 0.6) is 0 Å². The van der Waals surface area contributed by atoms with Gasteiger partial charge in [-0.15, -0.1) is 0 Å². The molecule has 1 saturated heterocycles. The molecule has 1 heterocycles. The third kappa shape index (κ3) is 2.86. The van der Waals surface area contributed by atoms with Gasteiger partial charge < -0.3 is 4.90 Å². The van der Waals surface area contributed by atoms with E-state index in [1.165, 1.54) is 0 Å². The minimum Gasteiger partial charge on any atom is -0.335 e. The number of ketones is 1. The van der Waals surface area contributed by atoms with E-state index >= 15 is 0 Å². The minimum absolute atomic E-state index is 0.0379. The molecule has 1 fully saturated rings. The van der Waals surface area contributed by atoms with Gasteiger partial charge in [0.25, 0.3) is 0 Å². The summed E-state index contributed by atoms with van der Waals surface area (Å²) in [6.45, 7) is 2.87. The van der Waals surface area contributed by atoms with Crippen LogP contribution in [-0.4, -0.2) is 29.7 Å². The molecule has 3 nitrogen and oxygen atoms in total. The Morgan fingerprint density at radius 3 is 2.59 bits per heavy atom. The topological polar surface area (TPSA) is 37.4 Å². The maximum Gasteiger partial charge on any atom is 0.223 e. The fourth-order valence-corrected chi connectivity index (χ4v) is 2.15. The Balaban J connectivity index is 2.02. The number of likely N-dealkylation sites (tertiary alicyclic amines) is 1. The zero-order valence-electron chi connectivity index (χ0n) is 9.65. The summed E-state index contributed by atoms with van der Waals surface area (Å²) in [5.74, 6) is 0.379. The summed E-state index contributed by atoms with van der Waals surface area (Å²) in [5.41, 5.74) is 0.599. The van der Waals surface area contributed by atoms with Gasteiger partial charge in [0.05, 0.1) is 6.54 Å². The van der Waals surface area contributed by atoms with Crippen LogP contribution >= 0.6 is 11.6 Å². The summed E-state index contributed by atoms with van der Waals surface area (Å²) in [7, 11) is 0. The Morgan fingerprint density at radius 2 is 2.06 bits per heavy atom. The zero-order valence-corrected chi connectivity index (χ0v) is 10.4. The van der Waals surface area contributed by atoms with Crippen molar-refractivity contribution in [3.8, 4) is 0 Å². The lowest BCUT2D eigenvalue weighted by Crippen LogP contribution is -2.31. The predicted molar refractivity (Wildman–Crippen MR) is 66.1 cm³/mol. The van der Waals surface area contributed by atoms with Crippen LogP contribution in [0.1, 0.15) is 23.7 Å². The first-order chi connectivity index (χ1) is 8.06. The van der Waals surface area contributed by atoms with Crippen LogP contribution in [0, 0.1) is 5.92 Å². The molecular weight excluding hydrogens is 238 g/mol. The van der Waals surface area contributed by atoms with Gasteiger partial charge in [0.2, 0.25) is 5.91 Å². The highest BCUT2D eigenvalue weighted by molar-refractivity contribution is 6.30. The summed E-state index contributed by atoms with van der Waals surface area (Å²) in [6, 6.07) is 6.75. The number of benzene rings is 1. The quantitative estimate of drug-likeness (QED) is 0.774. The average molecular weight is 252 g/mol. The Kier molecular flexibility index (Phi) is 3.48. The molecule has 1 aliphatic rings. The van der Waals surface area contributed by atoms with E-state index in [0.29, 0.717) is 29.5 Å². The van der Waals surface area contributed by atoms with Crippen molar-refractivity contribution in [2.45, 2.75) is 13.3 Å². The van der Waals surface area contributed by atoms with Crippen LogP contribution in [-0.2, 0) is 4.79 Å². The molecule has 0 aliphatic carbocycles. The molecule has 1 aliphatic heterocycles. The predicted octanol–water partition coefficient (Wildman–Crippen LogP) is 2.39. The summed E-state index contributed by atoms with van der Waals surface area (Å²) in [5, 5.41) is 0.604. The summed E-state index contributed by atoms with van der Waals surface area (Å²) in [6.07, 6.45) is 0.550. The van der Waals surface area contributed by atoms with Crippen molar-refractivity contribution in [3.05, 3.63) is 34.9 Å². The third-order valence-electron chi connectivity index (χ3n) is 2.91. The minimum atomic E-state index is -0.0379. The highest BCUT2D eigenvalue weighted by atomic mass is 35.5. The van der Waals surface area contributed by atoms with Gasteiger partial charge in [0, 0.05) is 23.6 Å². The Morgan fingerprint density at radius 1 is 1.41 bits per heavy atom. The molecule has 1 aromatic carbocycles. The van der Waals surface area contributed by atoms with Crippen LogP contribution in [0.3, 0.4) is 0 Å². The Labute approximate surface area is 105 Å². The summed E-state index contributed by atoms with van der Waals surface area (Å²) < 4.78 is 0. The van der Waals surface area contributed by atoms with Crippen molar-refractivity contribution in [3.63, 3.8) is 0 Å². The fraction of sp³-hybridized carbons (Fsp3) is 0.385. The Hall–Kier alpha value is -1.35. The molecule has 1 unspecified atom stereocenters. The van der Waals surface area contributed by atoms with Crippen molar-refractivity contribution in [1.29, 1.82) is 0 Å². The average Bonchev–Trinajstić information content (AvgIpc) is 2.58. The number of carbonyl (C=O) groups is 2. The summed E-state index contributed by atoms with van der Waals surface area (Å²) >= 11 is 5.75. The number of rotatable bonds is 3. The van der Waals surface area contributed by atoms with Gasteiger partial charge in [0.15, 0.2) is 5.78 Å². The number of hydrogen-bond acceptors (Lipinski definition) is 2. The molecule has 0 saturated carbocycles. The molecule has 1 aromatic rings. The van der Waals surface area contributed by atoms with Crippen LogP contribution in [0.4, 0.5) is 0 Å². The van der Waals surface area contributed by atoms with Gasteiger partial charge in [-0.1, -0.05) is 18.5 Å². The molecular formula is C13H14ClNO2. The lowest BCUT2D eigenvalue weighted by molar-refractivity contribution is -0.127. The molecule has 0 aromatic heterocycles. The zero-order chi connectivity index (χ0) is 12.4. The standard InChI is InChI=1S/C13H14ClNO2/c1-9-6-13(17)15(7-9)8-12(16)10-2-4-11(14)5-3-10/h2-5,9H,6-8H2,1H3. The molecule has 4 heteroatoms. The number of Topliss-reactive ketones (excluding diaryl/α,β-unsaturated/α-hetero) is 1.